The third-order valence-electron chi connectivity index (χ3n) is 5.43. The number of piperazine rings is 1. The van der Waals surface area contributed by atoms with Gasteiger partial charge in [0.1, 0.15) is 23.4 Å². The zero-order chi connectivity index (χ0) is 23.1. The second kappa shape index (κ2) is 11.0. The Labute approximate surface area is 187 Å². The van der Waals surface area contributed by atoms with E-state index in [-0.39, 0.29) is 18.9 Å². The lowest BCUT2D eigenvalue weighted by Gasteiger charge is -2.36. The molecule has 2 aliphatic heterocycles. The highest BCUT2D eigenvalue weighted by Crippen LogP contribution is 2.28. The van der Waals surface area contributed by atoms with Gasteiger partial charge in [0.15, 0.2) is 0 Å². The molecule has 2 aromatic rings. The number of aryl methyl sites for hydroxylation is 1. The van der Waals surface area contributed by atoms with Crippen molar-refractivity contribution < 1.29 is 23.1 Å². The molecule has 0 saturated carbocycles. The third-order valence-corrected chi connectivity index (χ3v) is 5.43. The van der Waals surface area contributed by atoms with E-state index < -0.39 is 12.2 Å². The van der Waals surface area contributed by atoms with Gasteiger partial charge in [-0.15, -0.1) is 0 Å². The lowest BCUT2D eigenvalue weighted by Crippen LogP contribution is -2.46. The molecule has 8 nitrogen and oxygen atoms in total. The number of nitrogens with zero attached hydrogens (tertiary/aromatic N) is 3. The maximum Gasteiger partial charge on any atom is 0.414 e. The second-order valence-electron chi connectivity index (χ2n) is 7.55. The second-order valence-corrected chi connectivity index (χ2v) is 7.55. The number of carbonyl (C=O) groups is 2. The summed E-state index contributed by atoms with van der Waals surface area (Å²) in [5.74, 6) is 1.47. The van der Waals surface area contributed by atoms with Gasteiger partial charge in [-0.3, -0.25) is 14.6 Å². The minimum atomic E-state index is -0.540. The summed E-state index contributed by atoms with van der Waals surface area (Å²) in [7, 11) is 0. The number of hydrogen-bond acceptors (Lipinski definition) is 6. The molecule has 0 aliphatic carbocycles. The van der Waals surface area contributed by atoms with Gasteiger partial charge in [0.2, 0.25) is 6.41 Å². The molecule has 0 radical (unpaired) electrons. The van der Waals surface area contributed by atoms with Crippen LogP contribution >= 0.6 is 0 Å². The van der Waals surface area contributed by atoms with Crippen LogP contribution in [0.1, 0.15) is 25.4 Å². The van der Waals surface area contributed by atoms with Gasteiger partial charge in [0.25, 0.3) is 0 Å². The largest absolute Gasteiger partial charge is 0.465 e. The molecule has 1 aromatic heterocycles. The number of halogens is 1. The topological polar surface area (TPSA) is 78.3 Å². The van der Waals surface area contributed by atoms with Gasteiger partial charge >= 0.3 is 6.09 Å². The van der Waals surface area contributed by atoms with Crippen LogP contribution in [-0.2, 0) is 16.1 Å². The van der Waals surface area contributed by atoms with Crippen molar-refractivity contribution in [3.63, 3.8) is 0 Å². The molecular weight excluding hydrogens is 415 g/mol. The maximum absolute atomic E-state index is 14.9. The molecule has 1 unspecified atom stereocenters. The van der Waals surface area contributed by atoms with E-state index in [1.165, 1.54) is 11.0 Å². The van der Waals surface area contributed by atoms with Crippen molar-refractivity contribution in [3.05, 3.63) is 47.7 Å². The van der Waals surface area contributed by atoms with Crippen LogP contribution in [0.4, 0.5) is 20.6 Å². The van der Waals surface area contributed by atoms with Crippen LogP contribution in [0.15, 0.2) is 34.7 Å². The molecule has 4 rings (SSSR count). The average Bonchev–Trinajstić information content (AvgIpc) is 3.39. The van der Waals surface area contributed by atoms with E-state index in [2.05, 4.69) is 10.2 Å². The molecule has 3 heterocycles. The number of rotatable bonds is 7. The van der Waals surface area contributed by atoms with Crippen LogP contribution in [-0.4, -0.2) is 62.8 Å². The first-order valence-corrected chi connectivity index (χ1v) is 11.0. The lowest BCUT2D eigenvalue weighted by molar-refractivity contribution is -0.109. The van der Waals surface area contributed by atoms with E-state index in [1.807, 2.05) is 37.8 Å². The molecule has 2 saturated heterocycles. The van der Waals surface area contributed by atoms with Gasteiger partial charge in [-0.25, -0.2) is 9.18 Å². The SMILES string of the molecule is CC.Cc1ccc(CN2CCN(c3ccc(N4CC(CNC=O)OC4=O)cc3F)CC2)o1. The van der Waals surface area contributed by atoms with E-state index in [4.69, 9.17) is 9.15 Å². The average molecular weight is 447 g/mol. The number of nitrogens with one attached hydrogen (secondary N) is 1. The van der Waals surface area contributed by atoms with E-state index in [1.54, 1.807) is 12.1 Å². The van der Waals surface area contributed by atoms with Gasteiger partial charge in [-0.2, -0.15) is 0 Å². The van der Waals surface area contributed by atoms with Crippen molar-refractivity contribution in [2.45, 2.75) is 33.4 Å². The number of hydrogen-bond donors (Lipinski definition) is 1. The van der Waals surface area contributed by atoms with Crippen LogP contribution in [0, 0.1) is 12.7 Å². The predicted octanol–water partition coefficient (Wildman–Crippen LogP) is 3.15. The Morgan fingerprint density at radius 3 is 2.53 bits per heavy atom. The first-order chi connectivity index (χ1) is 15.5. The Bertz CT molecular complexity index is 911. The van der Waals surface area contributed by atoms with Crippen molar-refractivity contribution in [1.82, 2.24) is 10.2 Å². The summed E-state index contributed by atoms with van der Waals surface area (Å²) in [6.45, 7) is 10.2. The number of anilines is 2. The quantitative estimate of drug-likeness (QED) is 0.659. The van der Waals surface area contributed by atoms with E-state index in [9.17, 15) is 14.0 Å². The molecular formula is C23H31FN4O4. The number of ether oxygens (including phenoxy) is 1. The number of cyclic esters (lactones) is 1. The van der Waals surface area contributed by atoms with Crippen LogP contribution in [0.3, 0.4) is 0 Å². The minimum Gasteiger partial charge on any atom is -0.465 e. The Morgan fingerprint density at radius 1 is 1.16 bits per heavy atom. The van der Waals surface area contributed by atoms with Gasteiger partial charge < -0.3 is 19.4 Å². The fourth-order valence-electron chi connectivity index (χ4n) is 3.88. The summed E-state index contributed by atoms with van der Waals surface area (Å²) >= 11 is 0. The molecule has 9 heteroatoms. The summed E-state index contributed by atoms with van der Waals surface area (Å²) in [6.07, 6.45) is -0.432. The summed E-state index contributed by atoms with van der Waals surface area (Å²) in [4.78, 5) is 28.2. The third kappa shape index (κ3) is 5.59. The van der Waals surface area contributed by atoms with Crippen LogP contribution in [0.5, 0.6) is 0 Å². The monoisotopic (exact) mass is 446 g/mol. The molecule has 2 aliphatic rings. The first kappa shape index (κ1) is 23.6. The van der Waals surface area contributed by atoms with Crippen LogP contribution in [0.2, 0.25) is 0 Å². The normalized spacial score (nSPS) is 18.8. The van der Waals surface area contributed by atoms with Gasteiger partial charge in [-0.05, 0) is 37.3 Å². The highest BCUT2D eigenvalue weighted by atomic mass is 19.1. The Morgan fingerprint density at radius 2 is 1.91 bits per heavy atom. The molecule has 1 atom stereocenters. The first-order valence-electron chi connectivity index (χ1n) is 11.0. The van der Waals surface area contributed by atoms with E-state index >= 15 is 0 Å². The summed E-state index contributed by atoms with van der Waals surface area (Å²) in [5, 5.41) is 2.49. The molecule has 1 N–H and O–H groups in total. The molecule has 32 heavy (non-hydrogen) atoms. The number of benzene rings is 1. The highest BCUT2D eigenvalue weighted by molar-refractivity contribution is 5.90. The standard InChI is InChI=1S/C21H25FN4O4.C2H6/c1-15-2-4-17(29-15)12-24-6-8-25(9-7-24)20-5-3-16(10-19(20)22)26-13-18(11-23-14-27)30-21(26)28;1-2/h2-5,10,14,18H,6-9,11-13H2,1H3,(H,23,27);1-2H3. The van der Waals surface area contributed by atoms with Gasteiger partial charge in [0, 0.05) is 26.2 Å². The van der Waals surface area contributed by atoms with Crippen LogP contribution < -0.4 is 15.1 Å². The van der Waals surface area contributed by atoms with Crippen molar-refractivity contribution in [1.29, 1.82) is 0 Å². The molecule has 2 fully saturated rings. The van der Waals surface area contributed by atoms with Crippen molar-refractivity contribution in [2.75, 3.05) is 49.1 Å². The molecule has 2 amide bonds. The zero-order valence-electron chi connectivity index (χ0n) is 18.8. The maximum atomic E-state index is 14.9. The Hall–Kier alpha value is -3.07. The summed E-state index contributed by atoms with van der Waals surface area (Å²) in [5.41, 5.74) is 0.973. The number of carbonyl (C=O) groups excluding carboxylic acids is 2. The number of amides is 2. The summed E-state index contributed by atoms with van der Waals surface area (Å²) < 4.78 is 25.7. The fourth-order valence-corrected chi connectivity index (χ4v) is 3.88. The van der Waals surface area contributed by atoms with E-state index in [0.29, 0.717) is 30.9 Å². The van der Waals surface area contributed by atoms with Crippen LogP contribution in [0.25, 0.3) is 0 Å². The van der Waals surface area contributed by atoms with E-state index in [0.717, 1.165) is 31.2 Å². The predicted molar refractivity (Wildman–Crippen MR) is 120 cm³/mol. The van der Waals surface area contributed by atoms with Gasteiger partial charge in [-0.1, -0.05) is 13.8 Å². The molecule has 1 aromatic carbocycles. The minimum absolute atomic E-state index is 0.230. The van der Waals surface area contributed by atoms with Gasteiger partial charge in [0.05, 0.1) is 31.0 Å². The smallest absolute Gasteiger partial charge is 0.414 e. The molecule has 174 valence electrons. The Balaban J connectivity index is 0.00000141. The summed E-state index contributed by atoms with van der Waals surface area (Å²) in [6, 6.07) is 8.75. The number of furan rings is 1. The van der Waals surface area contributed by atoms with Crippen molar-refractivity contribution in [2.24, 2.45) is 0 Å². The van der Waals surface area contributed by atoms with Crippen molar-refractivity contribution in [3.8, 4) is 0 Å². The lowest BCUT2D eigenvalue weighted by atomic mass is 10.2. The Kier molecular flexibility index (Phi) is 8.10. The van der Waals surface area contributed by atoms with Crippen molar-refractivity contribution >= 4 is 23.9 Å². The molecule has 0 bridgehead atoms. The highest BCUT2D eigenvalue weighted by Gasteiger charge is 2.32. The zero-order valence-corrected chi connectivity index (χ0v) is 18.8. The molecule has 0 spiro atoms. The fraction of sp³-hybridized carbons (Fsp3) is 0.478.